The molecule has 7 heteroatoms. The SMILES string of the molecule is CCC(O)CCNc1nc(NN)nc2sc(C)cc12. The van der Waals surface area contributed by atoms with Crippen LogP contribution >= 0.6 is 11.3 Å². The lowest BCUT2D eigenvalue weighted by molar-refractivity contribution is 0.164. The fraction of sp³-hybridized carbons (Fsp3) is 0.500. The summed E-state index contributed by atoms with van der Waals surface area (Å²) in [6, 6.07) is 2.05. The summed E-state index contributed by atoms with van der Waals surface area (Å²) >= 11 is 1.60. The molecule has 0 aromatic carbocycles. The molecule has 0 saturated heterocycles. The summed E-state index contributed by atoms with van der Waals surface area (Å²) in [7, 11) is 0. The van der Waals surface area contributed by atoms with Gasteiger partial charge in [0.25, 0.3) is 0 Å². The van der Waals surface area contributed by atoms with Gasteiger partial charge in [0, 0.05) is 11.4 Å². The Bertz CT molecular complexity index is 556. The van der Waals surface area contributed by atoms with Crippen LogP contribution in [0.5, 0.6) is 0 Å². The first-order valence-electron chi connectivity index (χ1n) is 6.30. The van der Waals surface area contributed by atoms with E-state index in [1.807, 2.05) is 13.8 Å². The monoisotopic (exact) mass is 281 g/mol. The zero-order chi connectivity index (χ0) is 13.8. The van der Waals surface area contributed by atoms with Gasteiger partial charge in [-0.1, -0.05) is 6.92 Å². The number of aliphatic hydroxyl groups excluding tert-OH is 1. The molecule has 6 nitrogen and oxygen atoms in total. The summed E-state index contributed by atoms with van der Waals surface area (Å²) in [5, 5.41) is 13.8. The second-order valence-electron chi connectivity index (χ2n) is 4.39. The van der Waals surface area contributed by atoms with E-state index >= 15 is 0 Å². The number of rotatable bonds is 6. The third-order valence-electron chi connectivity index (χ3n) is 2.89. The van der Waals surface area contributed by atoms with Gasteiger partial charge in [0.15, 0.2) is 0 Å². The lowest BCUT2D eigenvalue weighted by Gasteiger charge is -2.10. The molecule has 5 N–H and O–H groups in total. The summed E-state index contributed by atoms with van der Waals surface area (Å²) in [4.78, 5) is 10.7. The minimum absolute atomic E-state index is 0.277. The molecule has 104 valence electrons. The number of aliphatic hydroxyl groups is 1. The van der Waals surface area contributed by atoms with Crippen molar-refractivity contribution in [1.29, 1.82) is 0 Å². The van der Waals surface area contributed by atoms with E-state index in [0.29, 0.717) is 18.9 Å². The fourth-order valence-electron chi connectivity index (χ4n) is 1.80. The van der Waals surface area contributed by atoms with Crippen LogP contribution in [0, 0.1) is 6.92 Å². The van der Waals surface area contributed by atoms with Gasteiger partial charge in [0.05, 0.1) is 11.5 Å². The molecule has 0 aliphatic heterocycles. The highest BCUT2D eigenvalue weighted by molar-refractivity contribution is 7.18. The quantitative estimate of drug-likeness (QED) is 0.477. The van der Waals surface area contributed by atoms with Gasteiger partial charge in [0.1, 0.15) is 10.6 Å². The lowest BCUT2D eigenvalue weighted by atomic mass is 10.2. The van der Waals surface area contributed by atoms with Crippen LogP contribution in [0.25, 0.3) is 10.2 Å². The summed E-state index contributed by atoms with van der Waals surface area (Å²) in [6.07, 6.45) is 1.17. The molecular formula is C12H19N5OS. The topological polar surface area (TPSA) is 96.1 Å². The first-order valence-corrected chi connectivity index (χ1v) is 7.12. The van der Waals surface area contributed by atoms with Gasteiger partial charge in [0.2, 0.25) is 5.95 Å². The molecule has 0 radical (unpaired) electrons. The summed E-state index contributed by atoms with van der Waals surface area (Å²) in [5.41, 5.74) is 2.47. The molecule has 19 heavy (non-hydrogen) atoms. The Balaban J connectivity index is 2.20. The van der Waals surface area contributed by atoms with Crippen LogP contribution in [0.3, 0.4) is 0 Å². The van der Waals surface area contributed by atoms with Crippen molar-refractivity contribution in [3.8, 4) is 0 Å². The normalized spacial score (nSPS) is 12.6. The number of hydrogen-bond donors (Lipinski definition) is 4. The van der Waals surface area contributed by atoms with Gasteiger partial charge >= 0.3 is 0 Å². The molecular weight excluding hydrogens is 262 g/mol. The molecule has 2 rings (SSSR count). The number of anilines is 2. The van der Waals surface area contributed by atoms with Crippen LogP contribution in [0.1, 0.15) is 24.6 Å². The number of aryl methyl sites for hydroxylation is 1. The number of thiophene rings is 1. The van der Waals surface area contributed by atoms with E-state index in [9.17, 15) is 5.11 Å². The molecule has 0 bridgehead atoms. The highest BCUT2D eigenvalue weighted by atomic mass is 32.1. The molecule has 0 amide bonds. The molecule has 1 unspecified atom stereocenters. The summed E-state index contributed by atoms with van der Waals surface area (Å²) < 4.78 is 0. The maximum Gasteiger partial charge on any atom is 0.240 e. The zero-order valence-corrected chi connectivity index (χ0v) is 11.9. The Hall–Kier alpha value is -1.44. The van der Waals surface area contributed by atoms with E-state index in [1.165, 1.54) is 4.88 Å². The molecule has 0 aliphatic carbocycles. The second kappa shape index (κ2) is 6.14. The molecule has 2 heterocycles. The van der Waals surface area contributed by atoms with E-state index < -0.39 is 0 Å². The molecule has 1 atom stereocenters. The van der Waals surface area contributed by atoms with Crippen molar-refractivity contribution in [1.82, 2.24) is 9.97 Å². The fourth-order valence-corrected chi connectivity index (χ4v) is 2.68. The van der Waals surface area contributed by atoms with E-state index in [4.69, 9.17) is 5.84 Å². The molecule has 0 aliphatic rings. The smallest absolute Gasteiger partial charge is 0.240 e. The maximum absolute atomic E-state index is 9.55. The number of nitrogens with zero attached hydrogens (tertiary/aromatic N) is 2. The highest BCUT2D eigenvalue weighted by Gasteiger charge is 2.10. The predicted octanol–water partition coefficient (Wildman–Crippen LogP) is 1.86. The van der Waals surface area contributed by atoms with Crippen LogP contribution < -0.4 is 16.6 Å². The standard InChI is InChI=1S/C12H19N5OS/c1-3-8(18)4-5-14-10-9-6-7(2)19-11(9)16-12(15-10)17-13/h6,8,18H,3-5,13H2,1-2H3,(H2,14,15,16,17). The predicted molar refractivity (Wildman–Crippen MR) is 79.4 cm³/mol. The maximum atomic E-state index is 9.55. The van der Waals surface area contributed by atoms with Gasteiger partial charge in [-0.2, -0.15) is 4.98 Å². The van der Waals surface area contributed by atoms with E-state index in [0.717, 1.165) is 22.5 Å². The van der Waals surface area contributed by atoms with Crippen molar-refractivity contribution >= 4 is 33.3 Å². The van der Waals surface area contributed by atoms with Crippen LogP contribution in [0.4, 0.5) is 11.8 Å². The second-order valence-corrected chi connectivity index (χ2v) is 5.63. The number of hydrazine groups is 1. The largest absolute Gasteiger partial charge is 0.393 e. The van der Waals surface area contributed by atoms with Gasteiger partial charge < -0.3 is 10.4 Å². The number of nitrogens with two attached hydrogens (primary N) is 1. The number of fused-ring (bicyclic) bond motifs is 1. The summed E-state index contributed by atoms with van der Waals surface area (Å²) in [5.74, 6) is 6.53. The average Bonchev–Trinajstić information content (AvgIpc) is 2.78. The first kappa shape index (κ1) is 14.0. The molecule has 0 fully saturated rings. The van der Waals surface area contributed by atoms with E-state index in [1.54, 1.807) is 11.3 Å². The Labute approximate surface area is 116 Å². The molecule has 2 aromatic heterocycles. The van der Waals surface area contributed by atoms with Crippen molar-refractivity contribution in [3.63, 3.8) is 0 Å². The van der Waals surface area contributed by atoms with Crippen LogP contribution in [-0.2, 0) is 0 Å². The third kappa shape index (κ3) is 3.31. The van der Waals surface area contributed by atoms with Crippen LogP contribution in [0.15, 0.2) is 6.07 Å². The molecule has 0 saturated carbocycles. The Morgan fingerprint density at radius 1 is 1.47 bits per heavy atom. The van der Waals surface area contributed by atoms with E-state index in [-0.39, 0.29) is 6.10 Å². The number of hydrogen-bond acceptors (Lipinski definition) is 7. The number of nitrogen functional groups attached to an aromatic ring is 1. The minimum atomic E-state index is -0.277. The highest BCUT2D eigenvalue weighted by Crippen LogP contribution is 2.29. The van der Waals surface area contributed by atoms with Crippen molar-refractivity contribution in [2.45, 2.75) is 32.8 Å². The Morgan fingerprint density at radius 3 is 2.95 bits per heavy atom. The van der Waals surface area contributed by atoms with Crippen molar-refractivity contribution in [2.24, 2.45) is 5.84 Å². The zero-order valence-electron chi connectivity index (χ0n) is 11.1. The van der Waals surface area contributed by atoms with Gasteiger partial charge in [-0.05, 0) is 25.8 Å². The lowest BCUT2D eigenvalue weighted by Crippen LogP contribution is -2.15. The molecule has 0 spiro atoms. The van der Waals surface area contributed by atoms with Crippen LogP contribution in [-0.4, -0.2) is 27.7 Å². The number of aromatic nitrogens is 2. The van der Waals surface area contributed by atoms with Gasteiger partial charge in [-0.25, -0.2) is 10.8 Å². The van der Waals surface area contributed by atoms with Crippen LogP contribution in [0.2, 0.25) is 0 Å². The molecule has 2 aromatic rings. The average molecular weight is 281 g/mol. The Morgan fingerprint density at radius 2 is 2.26 bits per heavy atom. The Kier molecular flexibility index (Phi) is 4.52. The van der Waals surface area contributed by atoms with Crippen molar-refractivity contribution in [3.05, 3.63) is 10.9 Å². The van der Waals surface area contributed by atoms with Gasteiger partial charge in [-0.3, -0.25) is 5.43 Å². The third-order valence-corrected chi connectivity index (χ3v) is 3.83. The minimum Gasteiger partial charge on any atom is -0.393 e. The van der Waals surface area contributed by atoms with Gasteiger partial charge in [-0.15, -0.1) is 11.3 Å². The van der Waals surface area contributed by atoms with E-state index in [2.05, 4.69) is 26.8 Å². The number of nitrogens with one attached hydrogen (secondary N) is 2. The van der Waals surface area contributed by atoms with Crippen molar-refractivity contribution < 1.29 is 5.11 Å². The van der Waals surface area contributed by atoms with Crippen molar-refractivity contribution in [2.75, 3.05) is 17.3 Å². The first-order chi connectivity index (χ1) is 9.13. The summed E-state index contributed by atoms with van der Waals surface area (Å²) in [6.45, 7) is 4.67.